The van der Waals surface area contributed by atoms with Crippen LogP contribution in [0, 0.1) is 0 Å². The Hall–Kier alpha value is -3.74. The summed E-state index contributed by atoms with van der Waals surface area (Å²) in [5, 5.41) is 0.785. The molecule has 0 spiro atoms. The average molecular weight is 669 g/mol. The highest BCUT2D eigenvalue weighted by molar-refractivity contribution is 7.85. The fourth-order valence-corrected chi connectivity index (χ4v) is 7.56. The topological polar surface area (TPSA) is 134 Å². The van der Waals surface area contributed by atoms with Crippen molar-refractivity contribution in [3.8, 4) is 11.1 Å². The van der Waals surface area contributed by atoms with E-state index in [0.717, 1.165) is 49.7 Å². The highest BCUT2D eigenvalue weighted by Crippen LogP contribution is 2.42. The zero-order chi connectivity index (χ0) is 33.8. The van der Waals surface area contributed by atoms with Gasteiger partial charge >= 0.3 is 11.6 Å². The molecular weight excluding hydrogens is 622 g/mol. The minimum absolute atomic E-state index is 0.0164. The Morgan fingerprint density at radius 1 is 0.979 bits per heavy atom. The third-order valence-corrected chi connectivity index (χ3v) is 10.4. The fraction of sp³-hybridized carbons (Fsp3) is 0.514. The van der Waals surface area contributed by atoms with Gasteiger partial charge in [-0.2, -0.15) is 8.42 Å². The SMILES string of the molecule is CC[N+](CC)(CC)OC(=O)CCCN(CCCS(=O)(=O)O)C(=O)c1ccccc1-c1cc(=O)oc2c3c4c(cc12)CCCN4CCC3. The highest BCUT2D eigenvalue weighted by Gasteiger charge is 2.30. The number of benzene rings is 2. The number of nitrogens with zero attached hydrogens (tertiary/aromatic N) is 3. The van der Waals surface area contributed by atoms with E-state index in [1.54, 1.807) is 12.1 Å². The molecular formula is C35H46N3O8S+. The molecule has 11 nitrogen and oxygen atoms in total. The molecule has 254 valence electrons. The van der Waals surface area contributed by atoms with Gasteiger partial charge in [0.05, 0.1) is 12.2 Å². The summed E-state index contributed by atoms with van der Waals surface area (Å²) in [4.78, 5) is 49.7. The number of carbonyl (C=O) groups excluding carboxylic acids is 2. The average Bonchev–Trinajstić information content (AvgIpc) is 3.06. The van der Waals surface area contributed by atoms with Crippen molar-refractivity contribution in [2.24, 2.45) is 0 Å². The van der Waals surface area contributed by atoms with Crippen molar-refractivity contribution in [1.29, 1.82) is 0 Å². The third kappa shape index (κ3) is 7.71. The Morgan fingerprint density at radius 3 is 2.36 bits per heavy atom. The molecule has 5 rings (SSSR count). The summed E-state index contributed by atoms with van der Waals surface area (Å²) in [6.07, 6.45) is 4.15. The maximum absolute atomic E-state index is 14.3. The Kier molecular flexibility index (Phi) is 10.7. The van der Waals surface area contributed by atoms with Gasteiger partial charge in [0.15, 0.2) is 0 Å². The van der Waals surface area contributed by atoms with Crippen molar-refractivity contribution in [1.82, 2.24) is 4.90 Å². The zero-order valence-electron chi connectivity index (χ0n) is 27.6. The van der Waals surface area contributed by atoms with Crippen LogP contribution in [0.15, 0.2) is 45.6 Å². The lowest BCUT2D eigenvalue weighted by Gasteiger charge is -2.37. The molecule has 0 fully saturated rings. The number of hydroxylamine groups is 3. The molecule has 47 heavy (non-hydrogen) atoms. The van der Waals surface area contributed by atoms with Gasteiger partial charge in [-0.05, 0) is 82.6 Å². The molecule has 0 aliphatic carbocycles. The van der Waals surface area contributed by atoms with Gasteiger partial charge in [0.2, 0.25) is 0 Å². The second kappa shape index (κ2) is 14.6. The molecule has 0 atom stereocenters. The molecule has 0 bridgehead atoms. The Balaban J connectivity index is 1.47. The molecule has 12 heteroatoms. The normalized spacial score (nSPS) is 14.6. The van der Waals surface area contributed by atoms with E-state index in [1.807, 2.05) is 32.9 Å². The van der Waals surface area contributed by atoms with Crippen LogP contribution in [0.1, 0.15) is 74.4 Å². The van der Waals surface area contributed by atoms with E-state index in [9.17, 15) is 27.4 Å². The van der Waals surface area contributed by atoms with E-state index in [1.165, 1.54) is 22.2 Å². The second-order valence-electron chi connectivity index (χ2n) is 12.5. The molecule has 3 heterocycles. The van der Waals surface area contributed by atoms with Crippen LogP contribution in [0.25, 0.3) is 22.1 Å². The van der Waals surface area contributed by atoms with E-state index >= 15 is 0 Å². The molecule has 0 saturated carbocycles. The van der Waals surface area contributed by atoms with Crippen LogP contribution in [-0.4, -0.2) is 86.0 Å². The second-order valence-corrected chi connectivity index (χ2v) is 14.0. The van der Waals surface area contributed by atoms with Crippen molar-refractivity contribution in [2.45, 2.75) is 65.7 Å². The summed E-state index contributed by atoms with van der Waals surface area (Å²) < 4.78 is 38.4. The van der Waals surface area contributed by atoms with Crippen LogP contribution in [0.2, 0.25) is 0 Å². The smallest absolute Gasteiger partial charge is 0.366 e. The van der Waals surface area contributed by atoms with Gasteiger partial charge in [0.25, 0.3) is 16.0 Å². The summed E-state index contributed by atoms with van der Waals surface area (Å²) >= 11 is 0. The van der Waals surface area contributed by atoms with Crippen LogP contribution in [0.4, 0.5) is 5.69 Å². The lowest BCUT2D eigenvalue weighted by Crippen LogP contribution is -2.48. The number of amides is 1. The van der Waals surface area contributed by atoms with Crippen molar-refractivity contribution >= 4 is 38.7 Å². The summed E-state index contributed by atoms with van der Waals surface area (Å²) in [6, 6.07) is 10.6. The first-order valence-electron chi connectivity index (χ1n) is 16.8. The van der Waals surface area contributed by atoms with E-state index in [0.29, 0.717) is 48.3 Å². The number of aryl methyl sites for hydroxylation is 2. The standard InChI is InChI=1S/C35H45N3O8S/c1-4-38(5-2,6-3)46-31(39)17-11-20-37(21-12-22-47(42,43)44)35(41)27-15-8-7-14-26(27)29-24-32(40)45-34-28-16-10-19-36-18-9-13-25(33(28)36)23-30(29)34/h7-8,14-15,23-24H,4-6,9-13,16-22H2,1-3H3/p+1. The fourth-order valence-electron chi connectivity index (χ4n) is 7.06. The van der Waals surface area contributed by atoms with Crippen LogP contribution in [0.3, 0.4) is 0 Å². The molecule has 0 radical (unpaired) electrons. The summed E-state index contributed by atoms with van der Waals surface area (Å²) in [5.74, 6) is -1.23. The lowest BCUT2D eigenvalue weighted by atomic mass is 9.87. The largest absolute Gasteiger partial charge is 0.422 e. The quantitative estimate of drug-likeness (QED) is 0.109. The molecule has 1 amide bonds. The predicted molar refractivity (Wildman–Crippen MR) is 181 cm³/mol. The van der Waals surface area contributed by atoms with Gasteiger partial charge in [-0.25, -0.2) is 9.59 Å². The van der Waals surface area contributed by atoms with Gasteiger partial charge in [0, 0.05) is 60.0 Å². The van der Waals surface area contributed by atoms with Crippen LogP contribution in [0.5, 0.6) is 0 Å². The Morgan fingerprint density at radius 2 is 1.66 bits per heavy atom. The van der Waals surface area contributed by atoms with Crippen molar-refractivity contribution in [3.63, 3.8) is 0 Å². The first-order chi connectivity index (χ1) is 22.5. The molecule has 0 saturated heterocycles. The molecule has 2 aliphatic heterocycles. The highest BCUT2D eigenvalue weighted by atomic mass is 32.2. The molecule has 2 aliphatic rings. The predicted octanol–water partition coefficient (Wildman–Crippen LogP) is 4.99. The molecule has 3 aromatic rings. The van der Waals surface area contributed by atoms with Crippen LogP contribution < -0.4 is 10.5 Å². The monoisotopic (exact) mass is 668 g/mol. The van der Waals surface area contributed by atoms with Gasteiger partial charge in [0.1, 0.15) is 25.2 Å². The van der Waals surface area contributed by atoms with Gasteiger partial charge in [-0.1, -0.05) is 18.2 Å². The minimum Gasteiger partial charge on any atom is -0.422 e. The summed E-state index contributed by atoms with van der Waals surface area (Å²) in [6.45, 7) is 10.0. The molecule has 1 N–H and O–H groups in total. The van der Waals surface area contributed by atoms with E-state index in [2.05, 4.69) is 11.0 Å². The molecule has 0 unspecified atom stereocenters. The first kappa shape index (κ1) is 34.6. The summed E-state index contributed by atoms with van der Waals surface area (Å²) in [5.41, 5.74) is 5.02. The first-order valence-corrected chi connectivity index (χ1v) is 18.4. The Bertz CT molecular complexity index is 1790. The van der Waals surface area contributed by atoms with E-state index < -0.39 is 21.5 Å². The van der Waals surface area contributed by atoms with Crippen LogP contribution in [-0.2, 0) is 32.6 Å². The third-order valence-electron chi connectivity index (χ3n) is 9.63. The number of rotatable bonds is 14. The number of quaternary nitrogens is 1. The maximum atomic E-state index is 14.3. The van der Waals surface area contributed by atoms with Gasteiger partial charge in [-0.15, -0.1) is 4.65 Å². The van der Waals surface area contributed by atoms with Gasteiger partial charge in [-0.3, -0.25) is 14.2 Å². The van der Waals surface area contributed by atoms with E-state index in [-0.39, 0.29) is 42.5 Å². The van der Waals surface area contributed by atoms with Gasteiger partial charge < -0.3 is 14.2 Å². The zero-order valence-corrected chi connectivity index (χ0v) is 28.4. The lowest BCUT2D eigenvalue weighted by molar-refractivity contribution is -1.09. The number of fused-ring (bicyclic) bond motifs is 2. The van der Waals surface area contributed by atoms with Crippen molar-refractivity contribution in [2.75, 3.05) is 56.5 Å². The van der Waals surface area contributed by atoms with Crippen molar-refractivity contribution in [3.05, 3.63) is 63.5 Å². The maximum Gasteiger partial charge on any atom is 0.366 e. The number of carbonyl (C=O) groups is 2. The summed E-state index contributed by atoms with van der Waals surface area (Å²) in [7, 11) is -4.23. The number of hydrogen-bond donors (Lipinski definition) is 1. The minimum atomic E-state index is -4.23. The van der Waals surface area contributed by atoms with Crippen LogP contribution >= 0.6 is 0 Å². The molecule has 2 aromatic carbocycles. The Labute approximate surface area is 276 Å². The molecule has 1 aromatic heterocycles. The van der Waals surface area contributed by atoms with Crippen molar-refractivity contribution < 1.29 is 36.5 Å². The van der Waals surface area contributed by atoms with E-state index in [4.69, 9.17) is 9.25 Å². The number of anilines is 1. The number of hydrogen-bond acceptors (Lipinski definition) is 8.